The van der Waals surface area contributed by atoms with Crippen molar-refractivity contribution in [2.45, 2.75) is 6.42 Å². The molecule has 0 saturated carbocycles. The number of piperazine rings is 1. The van der Waals surface area contributed by atoms with E-state index < -0.39 is 0 Å². The zero-order valence-corrected chi connectivity index (χ0v) is 18.8. The maximum atomic E-state index is 13.1. The second-order valence-electron chi connectivity index (χ2n) is 7.03. The molecule has 0 atom stereocenters. The van der Waals surface area contributed by atoms with Gasteiger partial charge in [-0.3, -0.25) is 9.67 Å². The summed E-state index contributed by atoms with van der Waals surface area (Å²) in [6.07, 6.45) is 0.762. The summed E-state index contributed by atoms with van der Waals surface area (Å²) in [5.74, 6) is 0.374. The van der Waals surface area contributed by atoms with Crippen LogP contribution in [0.4, 0.5) is 10.1 Å². The Balaban J connectivity index is 0.00000240. The number of guanidine groups is 1. The highest BCUT2D eigenvalue weighted by molar-refractivity contribution is 14.0. The number of aliphatic imine (C=N–C) groups is 1. The van der Waals surface area contributed by atoms with E-state index in [4.69, 9.17) is 5.73 Å². The second-order valence-corrected chi connectivity index (χ2v) is 7.03. The lowest BCUT2D eigenvalue weighted by molar-refractivity contribution is 0.381. The molecule has 0 unspecified atom stereocenters. The molecule has 0 spiro atoms. The number of aryl methyl sites for hydroxylation is 1. The monoisotopic (exact) mass is 508 g/mol. The zero-order chi connectivity index (χ0) is 19.5. The van der Waals surface area contributed by atoms with E-state index >= 15 is 0 Å². The molecule has 2 heterocycles. The molecule has 1 aromatic heterocycles. The number of rotatable bonds is 4. The molecule has 2 N–H and O–H groups in total. The number of hydrogen-bond acceptors (Lipinski definition) is 3. The summed E-state index contributed by atoms with van der Waals surface area (Å²) in [5, 5.41) is 5.78. The van der Waals surface area contributed by atoms with Gasteiger partial charge in [0.1, 0.15) is 5.82 Å². The molecule has 154 valence electrons. The highest BCUT2D eigenvalue weighted by Crippen LogP contribution is 2.18. The van der Waals surface area contributed by atoms with Crippen LogP contribution in [0.3, 0.4) is 0 Å². The van der Waals surface area contributed by atoms with E-state index in [-0.39, 0.29) is 29.8 Å². The Labute approximate surface area is 187 Å². The number of aromatic nitrogens is 2. The molecule has 4 rings (SSSR count). The first kappa shape index (κ1) is 21.4. The van der Waals surface area contributed by atoms with Gasteiger partial charge in [0.2, 0.25) is 0 Å². The van der Waals surface area contributed by atoms with Gasteiger partial charge in [0.15, 0.2) is 5.96 Å². The minimum atomic E-state index is -0.209. The van der Waals surface area contributed by atoms with Crippen molar-refractivity contribution in [3.05, 3.63) is 60.0 Å². The molecule has 2 aromatic carbocycles. The maximum absolute atomic E-state index is 13.1. The van der Waals surface area contributed by atoms with Gasteiger partial charge in [-0.2, -0.15) is 5.10 Å². The largest absolute Gasteiger partial charge is 0.370 e. The molecule has 0 aliphatic carbocycles. The Hall–Kier alpha value is -2.36. The van der Waals surface area contributed by atoms with Crippen LogP contribution in [0.15, 0.2) is 53.5 Å². The molecule has 1 aliphatic rings. The summed E-state index contributed by atoms with van der Waals surface area (Å²) in [6.45, 7) is 3.91. The molecule has 1 aliphatic heterocycles. The number of para-hydroxylation sites is 1. The molecule has 29 heavy (non-hydrogen) atoms. The van der Waals surface area contributed by atoms with E-state index in [9.17, 15) is 4.39 Å². The quantitative estimate of drug-likeness (QED) is 0.335. The topological polar surface area (TPSA) is 62.7 Å². The number of anilines is 1. The molecule has 0 amide bonds. The predicted octanol–water partition coefficient (Wildman–Crippen LogP) is 3.01. The van der Waals surface area contributed by atoms with Crippen LogP contribution in [-0.4, -0.2) is 53.4 Å². The lowest BCUT2D eigenvalue weighted by Gasteiger charge is -2.36. The van der Waals surface area contributed by atoms with Gasteiger partial charge in [0.05, 0.1) is 11.2 Å². The molecule has 0 bridgehead atoms. The first-order chi connectivity index (χ1) is 13.6. The Morgan fingerprint density at radius 3 is 2.48 bits per heavy atom. The van der Waals surface area contributed by atoms with Crippen molar-refractivity contribution in [3.8, 4) is 0 Å². The van der Waals surface area contributed by atoms with Gasteiger partial charge in [0.25, 0.3) is 0 Å². The van der Waals surface area contributed by atoms with E-state index in [1.165, 1.54) is 17.5 Å². The fourth-order valence-corrected chi connectivity index (χ4v) is 3.70. The molecule has 3 aromatic rings. The highest BCUT2D eigenvalue weighted by Gasteiger charge is 2.18. The van der Waals surface area contributed by atoms with Crippen LogP contribution < -0.4 is 10.6 Å². The predicted molar refractivity (Wildman–Crippen MR) is 127 cm³/mol. The summed E-state index contributed by atoms with van der Waals surface area (Å²) < 4.78 is 15.0. The van der Waals surface area contributed by atoms with Crippen LogP contribution in [0, 0.1) is 5.82 Å². The number of hydrogen-bond donors (Lipinski definition) is 1. The van der Waals surface area contributed by atoms with Gasteiger partial charge in [-0.15, -0.1) is 24.0 Å². The van der Waals surface area contributed by atoms with Gasteiger partial charge in [-0.05, 0) is 30.3 Å². The second kappa shape index (κ2) is 9.43. The van der Waals surface area contributed by atoms with Crippen molar-refractivity contribution in [2.75, 3.05) is 37.6 Å². The minimum Gasteiger partial charge on any atom is -0.370 e. The van der Waals surface area contributed by atoms with Crippen molar-refractivity contribution >= 4 is 46.5 Å². The molecule has 6 nitrogen and oxygen atoms in total. The van der Waals surface area contributed by atoms with Crippen molar-refractivity contribution in [2.24, 2.45) is 17.8 Å². The lowest BCUT2D eigenvalue weighted by Crippen LogP contribution is -2.51. The normalized spacial score (nSPS) is 14.9. The standard InChI is InChI=1S/C21H25FN6.HI/c1-26-20-5-3-2-4-18(20)19(25-26)10-11-24-21(23)28-14-12-27(13-15-28)17-8-6-16(22)7-9-17;/h2-9H,10-15H2,1H3,(H2,23,24);1H. The highest BCUT2D eigenvalue weighted by atomic mass is 127. The zero-order valence-electron chi connectivity index (χ0n) is 16.5. The number of fused-ring (bicyclic) bond motifs is 1. The van der Waals surface area contributed by atoms with E-state index in [1.807, 2.05) is 36.0 Å². The third kappa shape index (κ3) is 4.80. The van der Waals surface area contributed by atoms with Crippen LogP contribution in [0.2, 0.25) is 0 Å². The molecule has 0 radical (unpaired) electrons. The molecular formula is C21H26FIN6. The summed E-state index contributed by atoms with van der Waals surface area (Å²) in [5.41, 5.74) is 9.44. The average molecular weight is 508 g/mol. The Bertz CT molecular complexity index is 977. The van der Waals surface area contributed by atoms with Crippen LogP contribution in [0.5, 0.6) is 0 Å². The third-order valence-electron chi connectivity index (χ3n) is 5.25. The fourth-order valence-electron chi connectivity index (χ4n) is 3.70. The van der Waals surface area contributed by atoms with E-state index in [2.05, 4.69) is 32.0 Å². The summed E-state index contributed by atoms with van der Waals surface area (Å²) in [7, 11) is 1.96. The van der Waals surface area contributed by atoms with Gasteiger partial charge >= 0.3 is 0 Å². The number of nitrogens with two attached hydrogens (primary N) is 1. The molecule has 1 fully saturated rings. The van der Waals surface area contributed by atoms with Crippen molar-refractivity contribution in [3.63, 3.8) is 0 Å². The molecule has 1 saturated heterocycles. The fraction of sp³-hybridized carbons (Fsp3) is 0.333. The smallest absolute Gasteiger partial charge is 0.191 e. The first-order valence-corrected chi connectivity index (χ1v) is 9.58. The van der Waals surface area contributed by atoms with Gasteiger partial charge in [-0.1, -0.05) is 18.2 Å². The van der Waals surface area contributed by atoms with Crippen LogP contribution in [-0.2, 0) is 13.5 Å². The number of nitrogens with zero attached hydrogens (tertiary/aromatic N) is 5. The van der Waals surface area contributed by atoms with Crippen molar-refractivity contribution in [1.82, 2.24) is 14.7 Å². The van der Waals surface area contributed by atoms with Gasteiger partial charge in [0, 0.05) is 57.3 Å². The Morgan fingerprint density at radius 1 is 1.07 bits per heavy atom. The maximum Gasteiger partial charge on any atom is 0.191 e. The molecular weight excluding hydrogens is 482 g/mol. The van der Waals surface area contributed by atoms with Crippen LogP contribution >= 0.6 is 24.0 Å². The van der Waals surface area contributed by atoms with Crippen LogP contribution in [0.25, 0.3) is 10.9 Å². The first-order valence-electron chi connectivity index (χ1n) is 9.58. The van der Waals surface area contributed by atoms with Gasteiger partial charge in [-0.25, -0.2) is 4.39 Å². The Kier molecular flexibility index (Phi) is 6.94. The summed E-state index contributed by atoms with van der Waals surface area (Å²) in [4.78, 5) is 8.92. The number of halogens is 2. The van der Waals surface area contributed by atoms with Crippen molar-refractivity contribution in [1.29, 1.82) is 0 Å². The van der Waals surface area contributed by atoms with Crippen LogP contribution in [0.1, 0.15) is 5.69 Å². The summed E-state index contributed by atoms with van der Waals surface area (Å²) >= 11 is 0. The minimum absolute atomic E-state index is 0. The van der Waals surface area contributed by atoms with Gasteiger partial charge < -0.3 is 15.5 Å². The Morgan fingerprint density at radius 2 is 1.76 bits per heavy atom. The SMILES string of the molecule is Cn1nc(CCN=C(N)N2CCN(c3ccc(F)cc3)CC2)c2ccccc21.I. The van der Waals surface area contributed by atoms with Crippen molar-refractivity contribution < 1.29 is 4.39 Å². The lowest BCUT2D eigenvalue weighted by atomic mass is 10.2. The van der Waals surface area contributed by atoms with E-state index in [1.54, 1.807) is 0 Å². The van der Waals surface area contributed by atoms with E-state index in [0.29, 0.717) is 12.5 Å². The molecule has 8 heteroatoms. The van der Waals surface area contributed by atoms with E-state index in [0.717, 1.165) is 49.5 Å². The average Bonchev–Trinajstić information content (AvgIpc) is 3.05. The third-order valence-corrected chi connectivity index (χ3v) is 5.25. The summed E-state index contributed by atoms with van der Waals surface area (Å²) in [6, 6.07) is 14.9. The number of benzene rings is 2.